The number of hydrogen-bond donors (Lipinski definition) is 3. The summed E-state index contributed by atoms with van der Waals surface area (Å²) in [5.41, 5.74) is 6.28. The monoisotopic (exact) mass is 291 g/mol. The quantitative estimate of drug-likeness (QED) is 0.721. The minimum atomic E-state index is -3.25. The van der Waals surface area contributed by atoms with Gasteiger partial charge in [-0.1, -0.05) is 11.6 Å². The number of sulfonamides is 1. The number of hydrogen-bond acceptors (Lipinski definition) is 4. The molecular formula is C11H18ClN3O2S. The third kappa shape index (κ3) is 5.12. The lowest BCUT2D eigenvalue weighted by atomic mass is 10.1. The molecule has 0 atom stereocenters. The number of nitrogens with two attached hydrogens (primary N) is 1. The zero-order valence-corrected chi connectivity index (χ0v) is 12.2. The van der Waals surface area contributed by atoms with Gasteiger partial charge in [-0.25, -0.2) is 13.1 Å². The molecule has 0 aliphatic rings. The second-order valence-corrected chi connectivity index (χ2v) is 7.01. The summed E-state index contributed by atoms with van der Waals surface area (Å²) in [6, 6.07) is 5.13. The molecule has 0 aliphatic carbocycles. The van der Waals surface area contributed by atoms with Gasteiger partial charge in [-0.3, -0.25) is 0 Å². The van der Waals surface area contributed by atoms with Crippen LogP contribution in [0.15, 0.2) is 18.2 Å². The highest BCUT2D eigenvalue weighted by atomic mass is 35.5. The van der Waals surface area contributed by atoms with Crippen LogP contribution in [0.1, 0.15) is 13.8 Å². The van der Waals surface area contributed by atoms with Gasteiger partial charge in [0.2, 0.25) is 10.0 Å². The molecule has 102 valence electrons. The number of nitrogens with one attached hydrogen (secondary N) is 2. The van der Waals surface area contributed by atoms with E-state index in [-0.39, 0.29) is 0 Å². The second kappa shape index (κ2) is 5.34. The molecule has 18 heavy (non-hydrogen) atoms. The first kappa shape index (κ1) is 15.1. The van der Waals surface area contributed by atoms with Crippen LogP contribution in [0.2, 0.25) is 5.02 Å². The summed E-state index contributed by atoms with van der Waals surface area (Å²) in [6.45, 7) is 3.97. The van der Waals surface area contributed by atoms with Crippen molar-refractivity contribution in [3.63, 3.8) is 0 Å². The van der Waals surface area contributed by atoms with Gasteiger partial charge in [0.25, 0.3) is 0 Å². The summed E-state index contributed by atoms with van der Waals surface area (Å²) in [5.74, 6) is 0. The van der Waals surface area contributed by atoms with Crippen molar-refractivity contribution in [3.05, 3.63) is 23.2 Å². The van der Waals surface area contributed by atoms with E-state index in [1.165, 1.54) is 0 Å². The number of halogens is 1. The van der Waals surface area contributed by atoms with Crippen molar-refractivity contribution in [1.29, 1.82) is 0 Å². The van der Waals surface area contributed by atoms with Crippen molar-refractivity contribution >= 4 is 33.0 Å². The maximum absolute atomic E-state index is 11.2. The van der Waals surface area contributed by atoms with Crippen molar-refractivity contribution in [2.24, 2.45) is 0 Å². The predicted molar refractivity (Wildman–Crippen MR) is 76.4 cm³/mol. The molecule has 0 unspecified atom stereocenters. The highest BCUT2D eigenvalue weighted by Gasteiger charge is 2.22. The van der Waals surface area contributed by atoms with E-state index < -0.39 is 15.6 Å². The smallest absolute Gasteiger partial charge is 0.209 e. The van der Waals surface area contributed by atoms with Crippen LogP contribution in [0.4, 0.5) is 11.4 Å². The molecule has 1 aromatic rings. The maximum atomic E-state index is 11.2. The lowest BCUT2D eigenvalue weighted by Crippen LogP contribution is -2.47. The lowest BCUT2D eigenvalue weighted by molar-refractivity contribution is 0.476. The molecule has 0 saturated carbocycles. The third-order valence-corrected chi connectivity index (χ3v) is 3.41. The highest BCUT2D eigenvalue weighted by molar-refractivity contribution is 7.88. The Labute approximate surface area is 113 Å². The van der Waals surface area contributed by atoms with E-state index in [1.807, 2.05) is 0 Å². The number of benzene rings is 1. The maximum Gasteiger partial charge on any atom is 0.209 e. The van der Waals surface area contributed by atoms with Gasteiger partial charge in [-0.15, -0.1) is 0 Å². The normalized spacial score (nSPS) is 12.4. The minimum Gasteiger partial charge on any atom is -0.399 e. The number of rotatable bonds is 5. The van der Waals surface area contributed by atoms with Gasteiger partial charge in [0, 0.05) is 17.8 Å². The molecule has 4 N–H and O–H groups in total. The molecule has 0 saturated heterocycles. The molecule has 0 aliphatic heterocycles. The van der Waals surface area contributed by atoms with E-state index in [0.717, 1.165) is 6.26 Å². The molecule has 0 amide bonds. The van der Waals surface area contributed by atoms with Gasteiger partial charge in [-0.05, 0) is 32.0 Å². The highest BCUT2D eigenvalue weighted by Crippen LogP contribution is 2.24. The zero-order valence-electron chi connectivity index (χ0n) is 10.6. The van der Waals surface area contributed by atoms with Gasteiger partial charge in [-0.2, -0.15) is 0 Å². The van der Waals surface area contributed by atoms with Crippen LogP contribution >= 0.6 is 11.6 Å². The fourth-order valence-electron chi connectivity index (χ4n) is 1.53. The van der Waals surface area contributed by atoms with E-state index in [2.05, 4.69) is 10.0 Å². The molecule has 0 spiro atoms. The SMILES string of the molecule is CC(C)(CNc1ccc(N)cc1Cl)NS(C)(=O)=O. The van der Waals surface area contributed by atoms with Gasteiger partial charge < -0.3 is 11.1 Å². The largest absolute Gasteiger partial charge is 0.399 e. The topological polar surface area (TPSA) is 84.2 Å². The Balaban J connectivity index is 2.70. The first-order valence-electron chi connectivity index (χ1n) is 5.37. The number of anilines is 2. The molecule has 5 nitrogen and oxygen atoms in total. The average Bonchev–Trinajstić information content (AvgIpc) is 2.12. The Morgan fingerprint density at radius 1 is 1.39 bits per heavy atom. The summed E-state index contributed by atoms with van der Waals surface area (Å²) in [7, 11) is -3.25. The first-order chi connectivity index (χ1) is 8.09. The molecule has 1 rings (SSSR count). The third-order valence-electron chi connectivity index (χ3n) is 2.18. The molecule has 0 fully saturated rings. The van der Waals surface area contributed by atoms with E-state index in [0.29, 0.717) is 22.9 Å². The molecule has 7 heteroatoms. The van der Waals surface area contributed by atoms with E-state index in [9.17, 15) is 8.42 Å². The van der Waals surface area contributed by atoms with Crippen LogP contribution < -0.4 is 15.8 Å². The van der Waals surface area contributed by atoms with Gasteiger partial charge in [0.05, 0.1) is 17.0 Å². The molecule has 0 heterocycles. The Kier molecular flexibility index (Phi) is 4.47. The van der Waals surface area contributed by atoms with Gasteiger partial charge in [0.15, 0.2) is 0 Å². The fraction of sp³-hybridized carbons (Fsp3) is 0.455. The second-order valence-electron chi connectivity index (χ2n) is 4.85. The Hall–Kier alpha value is -0.980. The van der Waals surface area contributed by atoms with Crippen LogP contribution in [0.25, 0.3) is 0 Å². The fourth-order valence-corrected chi connectivity index (χ4v) is 2.86. The van der Waals surface area contributed by atoms with E-state index >= 15 is 0 Å². The van der Waals surface area contributed by atoms with Crippen LogP contribution in [-0.2, 0) is 10.0 Å². The van der Waals surface area contributed by atoms with E-state index in [4.69, 9.17) is 17.3 Å². The van der Waals surface area contributed by atoms with Gasteiger partial charge >= 0.3 is 0 Å². The van der Waals surface area contributed by atoms with Crippen molar-refractivity contribution in [3.8, 4) is 0 Å². The Morgan fingerprint density at radius 3 is 2.50 bits per heavy atom. The minimum absolute atomic E-state index is 0.406. The first-order valence-corrected chi connectivity index (χ1v) is 7.64. The van der Waals surface area contributed by atoms with Gasteiger partial charge in [0.1, 0.15) is 0 Å². The Bertz CT molecular complexity index is 529. The summed E-state index contributed by atoms with van der Waals surface area (Å²) < 4.78 is 24.9. The molecule has 1 aromatic carbocycles. The summed E-state index contributed by atoms with van der Waals surface area (Å²) in [6.07, 6.45) is 1.13. The van der Waals surface area contributed by atoms with Crippen molar-refractivity contribution in [2.75, 3.05) is 23.9 Å². The van der Waals surface area contributed by atoms with Crippen molar-refractivity contribution in [2.45, 2.75) is 19.4 Å². The van der Waals surface area contributed by atoms with Crippen molar-refractivity contribution in [1.82, 2.24) is 4.72 Å². The molecule has 0 bridgehead atoms. The lowest BCUT2D eigenvalue weighted by Gasteiger charge is -2.26. The van der Waals surface area contributed by atoms with Crippen LogP contribution in [0, 0.1) is 0 Å². The van der Waals surface area contributed by atoms with Crippen LogP contribution in [0.5, 0.6) is 0 Å². The zero-order chi connectivity index (χ0) is 14.0. The predicted octanol–water partition coefficient (Wildman–Crippen LogP) is 1.66. The number of nitrogen functional groups attached to an aromatic ring is 1. The van der Waals surface area contributed by atoms with Crippen molar-refractivity contribution < 1.29 is 8.42 Å². The summed E-state index contributed by atoms with van der Waals surface area (Å²) in [4.78, 5) is 0. The molecular weight excluding hydrogens is 274 g/mol. The molecule has 0 aromatic heterocycles. The summed E-state index contributed by atoms with van der Waals surface area (Å²) in [5, 5.41) is 3.59. The standard InChI is InChI=1S/C11H18ClN3O2S/c1-11(2,15-18(3,16)17)7-14-10-5-4-8(13)6-9(10)12/h4-6,14-15H,7,13H2,1-3H3. The van der Waals surface area contributed by atoms with Crippen LogP contribution in [-0.4, -0.2) is 26.8 Å². The molecule has 0 radical (unpaired) electrons. The average molecular weight is 292 g/mol. The van der Waals surface area contributed by atoms with Crippen LogP contribution in [0.3, 0.4) is 0 Å². The summed E-state index contributed by atoms with van der Waals surface area (Å²) >= 11 is 6.01. The van der Waals surface area contributed by atoms with E-state index in [1.54, 1.807) is 32.0 Å². The Morgan fingerprint density at radius 2 is 2.00 bits per heavy atom.